The average molecular weight is 307 g/mol. The minimum atomic E-state index is -0.0976. The predicted molar refractivity (Wildman–Crippen MR) is 88.2 cm³/mol. The quantitative estimate of drug-likeness (QED) is 0.781. The second-order valence-electron chi connectivity index (χ2n) is 5.78. The van der Waals surface area contributed by atoms with E-state index in [1.807, 2.05) is 36.4 Å². The Morgan fingerprint density at radius 1 is 1.13 bits per heavy atom. The number of nitrogens with one attached hydrogen (secondary N) is 2. The first-order chi connectivity index (χ1) is 11.3. The van der Waals surface area contributed by atoms with Gasteiger partial charge < -0.3 is 15.1 Å². The van der Waals surface area contributed by atoms with Gasteiger partial charge in [0.05, 0.1) is 11.6 Å². The number of benzene rings is 2. The van der Waals surface area contributed by atoms with E-state index >= 15 is 0 Å². The Hall–Kier alpha value is -2.66. The zero-order valence-corrected chi connectivity index (χ0v) is 12.5. The van der Waals surface area contributed by atoms with E-state index in [1.165, 1.54) is 12.0 Å². The van der Waals surface area contributed by atoms with E-state index in [-0.39, 0.29) is 17.7 Å². The van der Waals surface area contributed by atoms with Crippen LogP contribution in [-0.4, -0.2) is 24.0 Å². The molecule has 116 valence electrons. The van der Waals surface area contributed by atoms with E-state index < -0.39 is 0 Å². The number of oxazole rings is 1. The number of amides is 1. The maximum atomic E-state index is 12.8. The van der Waals surface area contributed by atoms with Crippen LogP contribution in [-0.2, 0) is 4.79 Å². The molecule has 1 saturated heterocycles. The molecule has 0 aliphatic carbocycles. The fourth-order valence-electron chi connectivity index (χ4n) is 3.22. The van der Waals surface area contributed by atoms with Crippen LogP contribution in [0.2, 0.25) is 0 Å². The monoisotopic (exact) mass is 307 g/mol. The molecule has 1 aliphatic heterocycles. The van der Waals surface area contributed by atoms with E-state index in [4.69, 9.17) is 4.42 Å². The Balaban J connectivity index is 1.58. The summed E-state index contributed by atoms with van der Waals surface area (Å²) >= 11 is 0. The third-order valence-electron chi connectivity index (χ3n) is 4.40. The number of aromatic nitrogens is 1. The molecule has 2 heterocycles. The second-order valence-corrected chi connectivity index (χ2v) is 5.78. The Morgan fingerprint density at radius 2 is 2.00 bits per heavy atom. The molecule has 0 radical (unpaired) electrons. The lowest BCUT2D eigenvalue weighted by atomic mass is 9.88. The number of carbonyl (C=O) groups excluding carboxylic acids is 1. The minimum absolute atomic E-state index is 0.0133. The molecule has 1 aromatic heterocycles. The fraction of sp³-hybridized carbons (Fsp3) is 0.222. The maximum absolute atomic E-state index is 12.8. The van der Waals surface area contributed by atoms with Crippen LogP contribution in [0.4, 0.5) is 5.69 Å². The number of hydrogen-bond donors (Lipinski definition) is 2. The lowest BCUT2D eigenvalue weighted by Gasteiger charge is -2.18. The smallest absolute Gasteiger partial charge is 0.229 e. The number of anilines is 1. The summed E-state index contributed by atoms with van der Waals surface area (Å²) in [5, 5.41) is 6.34. The van der Waals surface area contributed by atoms with Crippen molar-refractivity contribution in [1.82, 2.24) is 10.3 Å². The van der Waals surface area contributed by atoms with Crippen molar-refractivity contribution < 1.29 is 9.21 Å². The molecule has 2 atom stereocenters. The fourth-order valence-corrected chi connectivity index (χ4v) is 3.22. The summed E-state index contributed by atoms with van der Waals surface area (Å²) < 4.78 is 5.28. The van der Waals surface area contributed by atoms with Crippen molar-refractivity contribution in [3.8, 4) is 0 Å². The second kappa shape index (κ2) is 5.85. The van der Waals surface area contributed by atoms with E-state index in [9.17, 15) is 4.79 Å². The highest BCUT2D eigenvalue weighted by molar-refractivity contribution is 6.00. The number of fused-ring (bicyclic) bond motifs is 1. The zero-order valence-electron chi connectivity index (χ0n) is 12.5. The largest absolute Gasteiger partial charge is 0.443 e. The number of hydrogen-bond acceptors (Lipinski definition) is 4. The van der Waals surface area contributed by atoms with Gasteiger partial charge in [-0.2, -0.15) is 0 Å². The molecule has 1 amide bonds. The summed E-state index contributed by atoms with van der Waals surface area (Å²) in [6.07, 6.45) is 1.39. The summed E-state index contributed by atoms with van der Waals surface area (Å²) in [4.78, 5) is 16.9. The molecule has 2 aromatic carbocycles. The highest BCUT2D eigenvalue weighted by Crippen LogP contribution is 2.30. The normalized spacial score (nSPS) is 20.7. The van der Waals surface area contributed by atoms with Gasteiger partial charge in [-0.3, -0.25) is 4.79 Å². The van der Waals surface area contributed by atoms with Gasteiger partial charge in [0.2, 0.25) is 5.91 Å². The van der Waals surface area contributed by atoms with Crippen molar-refractivity contribution in [2.75, 3.05) is 18.4 Å². The van der Waals surface area contributed by atoms with Crippen LogP contribution >= 0.6 is 0 Å². The molecule has 2 N–H and O–H groups in total. The average Bonchev–Trinajstić information content (AvgIpc) is 3.25. The van der Waals surface area contributed by atoms with Crippen molar-refractivity contribution in [1.29, 1.82) is 0 Å². The summed E-state index contributed by atoms with van der Waals surface area (Å²) in [5.41, 5.74) is 3.24. The molecule has 3 aromatic rings. The molecule has 0 bridgehead atoms. The van der Waals surface area contributed by atoms with E-state index in [0.717, 1.165) is 6.54 Å². The molecule has 4 rings (SSSR count). The molecule has 5 heteroatoms. The van der Waals surface area contributed by atoms with Crippen LogP contribution < -0.4 is 10.6 Å². The topological polar surface area (TPSA) is 67.2 Å². The first-order valence-corrected chi connectivity index (χ1v) is 7.71. The lowest BCUT2D eigenvalue weighted by molar-refractivity contribution is -0.119. The van der Waals surface area contributed by atoms with Gasteiger partial charge in [-0.15, -0.1) is 0 Å². The molecule has 0 spiro atoms. The van der Waals surface area contributed by atoms with E-state index in [0.29, 0.717) is 23.3 Å². The first-order valence-electron chi connectivity index (χ1n) is 7.71. The van der Waals surface area contributed by atoms with Gasteiger partial charge in [0.1, 0.15) is 5.52 Å². The third-order valence-corrected chi connectivity index (χ3v) is 4.40. The van der Waals surface area contributed by atoms with E-state index in [2.05, 4.69) is 27.8 Å². The predicted octanol–water partition coefficient (Wildman–Crippen LogP) is 2.77. The lowest BCUT2D eigenvalue weighted by Crippen LogP contribution is -2.28. The number of nitrogens with zero attached hydrogens (tertiary/aromatic N) is 1. The summed E-state index contributed by atoms with van der Waals surface area (Å²) in [6.45, 7) is 1.50. The van der Waals surface area contributed by atoms with Crippen molar-refractivity contribution in [2.45, 2.75) is 5.92 Å². The Kier molecular flexibility index (Phi) is 3.55. The van der Waals surface area contributed by atoms with Crippen LogP contribution in [0.15, 0.2) is 59.3 Å². The first kappa shape index (κ1) is 14.0. The van der Waals surface area contributed by atoms with Crippen LogP contribution in [0.5, 0.6) is 0 Å². The van der Waals surface area contributed by atoms with Gasteiger partial charge >= 0.3 is 0 Å². The number of carbonyl (C=O) groups is 1. The molecular weight excluding hydrogens is 290 g/mol. The van der Waals surface area contributed by atoms with Crippen molar-refractivity contribution >= 4 is 22.7 Å². The molecule has 1 aliphatic rings. The van der Waals surface area contributed by atoms with Crippen molar-refractivity contribution in [3.05, 3.63) is 60.5 Å². The molecular formula is C18H17N3O2. The summed E-state index contributed by atoms with van der Waals surface area (Å²) in [6, 6.07) is 15.7. The molecule has 1 fully saturated rings. The highest BCUT2D eigenvalue weighted by atomic mass is 16.3. The summed E-state index contributed by atoms with van der Waals surface area (Å²) in [7, 11) is 0. The number of rotatable bonds is 3. The van der Waals surface area contributed by atoms with E-state index in [1.54, 1.807) is 0 Å². The van der Waals surface area contributed by atoms with Crippen LogP contribution in [0.25, 0.3) is 11.1 Å². The zero-order chi connectivity index (χ0) is 15.6. The van der Waals surface area contributed by atoms with Gasteiger partial charge in [0.15, 0.2) is 12.0 Å². The van der Waals surface area contributed by atoms with Gasteiger partial charge in [-0.05, 0) is 17.7 Å². The van der Waals surface area contributed by atoms with Crippen molar-refractivity contribution in [3.63, 3.8) is 0 Å². The van der Waals surface area contributed by atoms with Gasteiger partial charge in [0.25, 0.3) is 0 Å². The van der Waals surface area contributed by atoms with Crippen LogP contribution in [0, 0.1) is 5.92 Å². The van der Waals surface area contributed by atoms with Crippen LogP contribution in [0.3, 0.4) is 0 Å². The highest BCUT2D eigenvalue weighted by Gasteiger charge is 2.34. The van der Waals surface area contributed by atoms with Gasteiger partial charge in [0, 0.05) is 19.0 Å². The number of para-hydroxylation sites is 1. The summed E-state index contributed by atoms with van der Waals surface area (Å²) in [5.74, 6) is 0.103. The molecule has 0 unspecified atom stereocenters. The van der Waals surface area contributed by atoms with Gasteiger partial charge in [-0.25, -0.2) is 4.98 Å². The van der Waals surface area contributed by atoms with Crippen LogP contribution in [0.1, 0.15) is 11.5 Å². The molecule has 23 heavy (non-hydrogen) atoms. The Morgan fingerprint density at radius 3 is 2.87 bits per heavy atom. The van der Waals surface area contributed by atoms with Gasteiger partial charge in [-0.1, -0.05) is 36.4 Å². The minimum Gasteiger partial charge on any atom is -0.443 e. The standard InChI is InChI=1S/C18H17N3O2/c22-18(21-15-7-4-8-16-17(15)20-11-23-16)14-10-19-9-13(14)12-5-2-1-3-6-12/h1-8,11,13-14,19H,9-10H2,(H,21,22)/t13-,14+/m1/s1. The van der Waals surface area contributed by atoms with Crippen molar-refractivity contribution in [2.24, 2.45) is 5.92 Å². The maximum Gasteiger partial charge on any atom is 0.229 e. The molecule has 5 nitrogen and oxygen atoms in total. The Bertz CT molecular complexity index is 828. The third kappa shape index (κ3) is 2.59. The Labute approximate surface area is 133 Å². The SMILES string of the molecule is O=C(Nc1cccc2ocnc12)[C@H]1CNC[C@@H]1c1ccccc1. The molecule has 0 saturated carbocycles.